The molecule has 1 unspecified atom stereocenters. The summed E-state index contributed by atoms with van der Waals surface area (Å²) < 4.78 is 30.7. The second-order valence-electron chi connectivity index (χ2n) is 6.43. The van der Waals surface area contributed by atoms with Crippen LogP contribution in [0, 0.1) is 0 Å². The molecule has 1 aliphatic heterocycles. The van der Waals surface area contributed by atoms with Crippen molar-refractivity contribution in [3.8, 4) is 5.75 Å². The van der Waals surface area contributed by atoms with E-state index in [2.05, 4.69) is 44.6 Å². The summed E-state index contributed by atoms with van der Waals surface area (Å²) in [6, 6.07) is 14.6. The molecule has 144 valence electrons. The van der Waals surface area contributed by atoms with Crippen molar-refractivity contribution >= 4 is 21.8 Å². The van der Waals surface area contributed by atoms with Gasteiger partial charge in [0.05, 0.1) is 5.56 Å². The van der Waals surface area contributed by atoms with E-state index < -0.39 is 6.61 Å². The first-order valence-corrected chi connectivity index (χ1v) is 9.57. The van der Waals surface area contributed by atoms with Gasteiger partial charge in [-0.3, -0.25) is 9.69 Å². The fourth-order valence-corrected chi connectivity index (χ4v) is 3.54. The van der Waals surface area contributed by atoms with E-state index in [1.807, 2.05) is 12.1 Å². The standard InChI is InChI=1S/C20H21BrF2N2O2/c1-14(15-6-8-16(21)9-7-15)24-10-12-25(13-11-24)19(26)17-4-2-3-5-18(17)27-20(22)23/h2-9,14,20H,10-13H2,1H3. The van der Waals surface area contributed by atoms with Crippen molar-refractivity contribution in [2.75, 3.05) is 26.2 Å². The van der Waals surface area contributed by atoms with Crippen LogP contribution in [0.3, 0.4) is 0 Å². The highest BCUT2D eigenvalue weighted by Gasteiger charge is 2.27. The predicted molar refractivity (Wildman–Crippen MR) is 103 cm³/mol. The second kappa shape index (κ2) is 8.80. The molecule has 1 heterocycles. The van der Waals surface area contributed by atoms with Gasteiger partial charge in [0.2, 0.25) is 0 Å². The van der Waals surface area contributed by atoms with Gasteiger partial charge in [0, 0.05) is 36.7 Å². The quantitative estimate of drug-likeness (QED) is 0.685. The van der Waals surface area contributed by atoms with Gasteiger partial charge in [0.25, 0.3) is 5.91 Å². The smallest absolute Gasteiger partial charge is 0.387 e. The highest BCUT2D eigenvalue weighted by atomic mass is 79.9. The number of carbonyl (C=O) groups excluding carboxylic acids is 1. The lowest BCUT2D eigenvalue weighted by Gasteiger charge is -2.38. The zero-order valence-corrected chi connectivity index (χ0v) is 16.5. The monoisotopic (exact) mass is 438 g/mol. The predicted octanol–water partition coefficient (Wildman–Crippen LogP) is 4.57. The zero-order valence-electron chi connectivity index (χ0n) is 14.9. The average Bonchev–Trinajstić information content (AvgIpc) is 2.68. The Morgan fingerprint density at radius 1 is 1.04 bits per heavy atom. The van der Waals surface area contributed by atoms with E-state index in [0.29, 0.717) is 13.1 Å². The maximum absolute atomic E-state index is 12.8. The molecular weight excluding hydrogens is 418 g/mol. The minimum Gasteiger partial charge on any atom is -0.434 e. The molecule has 27 heavy (non-hydrogen) atoms. The van der Waals surface area contributed by atoms with Crippen LogP contribution >= 0.6 is 15.9 Å². The van der Waals surface area contributed by atoms with Gasteiger partial charge in [-0.2, -0.15) is 8.78 Å². The highest BCUT2D eigenvalue weighted by Crippen LogP contribution is 2.25. The highest BCUT2D eigenvalue weighted by molar-refractivity contribution is 9.10. The molecule has 1 fully saturated rings. The molecule has 0 spiro atoms. The Kier molecular flexibility index (Phi) is 6.44. The van der Waals surface area contributed by atoms with E-state index >= 15 is 0 Å². The van der Waals surface area contributed by atoms with Crippen molar-refractivity contribution in [3.05, 3.63) is 64.1 Å². The largest absolute Gasteiger partial charge is 0.434 e. The van der Waals surface area contributed by atoms with E-state index in [-0.39, 0.29) is 23.3 Å². The van der Waals surface area contributed by atoms with Crippen LogP contribution < -0.4 is 4.74 Å². The van der Waals surface area contributed by atoms with Crippen LogP contribution in [0.25, 0.3) is 0 Å². The summed E-state index contributed by atoms with van der Waals surface area (Å²) in [4.78, 5) is 16.8. The van der Waals surface area contributed by atoms with Crippen LogP contribution in [0.15, 0.2) is 53.0 Å². The lowest BCUT2D eigenvalue weighted by molar-refractivity contribution is -0.0503. The van der Waals surface area contributed by atoms with Crippen molar-refractivity contribution in [3.63, 3.8) is 0 Å². The van der Waals surface area contributed by atoms with Gasteiger partial charge in [0.1, 0.15) is 5.75 Å². The Labute approximate surface area is 165 Å². The number of nitrogens with zero attached hydrogens (tertiary/aromatic N) is 2. The molecule has 2 aromatic carbocycles. The van der Waals surface area contributed by atoms with Crippen LogP contribution in [0.1, 0.15) is 28.9 Å². The number of alkyl halides is 2. The maximum atomic E-state index is 12.8. The number of hydrogen-bond acceptors (Lipinski definition) is 3. The Morgan fingerprint density at radius 3 is 2.30 bits per heavy atom. The summed E-state index contributed by atoms with van der Waals surface area (Å²) in [6.07, 6.45) is 0. The van der Waals surface area contributed by atoms with Crippen molar-refractivity contribution < 1.29 is 18.3 Å². The number of benzene rings is 2. The van der Waals surface area contributed by atoms with Crippen LogP contribution in [-0.4, -0.2) is 48.5 Å². The molecule has 0 aliphatic carbocycles. The van der Waals surface area contributed by atoms with E-state index in [0.717, 1.165) is 17.6 Å². The fourth-order valence-electron chi connectivity index (χ4n) is 3.28. The number of rotatable bonds is 5. The molecule has 2 aromatic rings. The third-order valence-corrected chi connectivity index (χ3v) is 5.36. The number of hydrogen-bond donors (Lipinski definition) is 0. The third kappa shape index (κ3) is 4.84. The van der Waals surface area contributed by atoms with Crippen molar-refractivity contribution in [1.82, 2.24) is 9.80 Å². The fraction of sp³-hybridized carbons (Fsp3) is 0.350. The van der Waals surface area contributed by atoms with E-state index in [1.54, 1.807) is 17.0 Å². The molecule has 0 bridgehead atoms. The van der Waals surface area contributed by atoms with Gasteiger partial charge in [-0.15, -0.1) is 0 Å². The molecule has 4 nitrogen and oxygen atoms in total. The Bertz CT molecular complexity index is 778. The molecule has 3 rings (SSSR count). The molecule has 1 saturated heterocycles. The Morgan fingerprint density at radius 2 is 1.67 bits per heavy atom. The molecule has 7 heteroatoms. The first kappa shape index (κ1) is 19.8. The molecular formula is C20H21BrF2N2O2. The lowest BCUT2D eigenvalue weighted by atomic mass is 10.1. The molecule has 1 atom stereocenters. The van der Waals surface area contributed by atoms with Crippen molar-refractivity contribution in [1.29, 1.82) is 0 Å². The molecule has 0 radical (unpaired) electrons. The number of halogens is 3. The Hall–Kier alpha value is -1.99. The summed E-state index contributed by atoms with van der Waals surface area (Å²) in [5.41, 5.74) is 1.39. The summed E-state index contributed by atoms with van der Waals surface area (Å²) in [6.45, 7) is 1.72. The molecule has 1 amide bonds. The Balaban J connectivity index is 1.64. The van der Waals surface area contributed by atoms with Crippen molar-refractivity contribution in [2.24, 2.45) is 0 Å². The first-order valence-electron chi connectivity index (χ1n) is 8.78. The average molecular weight is 439 g/mol. The van der Waals surface area contributed by atoms with Gasteiger partial charge >= 0.3 is 6.61 Å². The van der Waals surface area contributed by atoms with Gasteiger partial charge in [-0.1, -0.05) is 40.2 Å². The van der Waals surface area contributed by atoms with Gasteiger partial charge < -0.3 is 9.64 Å². The topological polar surface area (TPSA) is 32.8 Å². The van der Waals surface area contributed by atoms with Gasteiger partial charge in [0.15, 0.2) is 0 Å². The van der Waals surface area contributed by atoms with Crippen LogP contribution in [0.4, 0.5) is 8.78 Å². The minimum absolute atomic E-state index is 0.0804. The van der Waals surface area contributed by atoms with Crippen LogP contribution in [-0.2, 0) is 0 Å². The molecule has 1 aliphatic rings. The zero-order chi connectivity index (χ0) is 19.4. The van der Waals surface area contributed by atoms with E-state index in [9.17, 15) is 13.6 Å². The van der Waals surface area contributed by atoms with Crippen molar-refractivity contribution in [2.45, 2.75) is 19.6 Å². The number of para-hydroxylation sites is 1. The second-order valence-corrected chi connectivity index (χ2v) is 7.35. The first-order chi connectivity index (χ1) is 13.0. The van der Waals surface area contributed by atoms with E-state index in [1.165, 1.54) is 17.7 Å². The van der Waals surface area contributed by atoms with E-state index in [4.69, 9.17) is 0 Å². The SMILES string of the molecule is CC(c1ccc(Br)cc1)N1CCN(C(=O)c2ccccc2OC(F)F)CC1. The minimum atomic E-state index is -2.96. The van der Waals surface area contributed by atoms with Crippen LogP contribution in [0.2, 0.25) is 0 Å². The molecule has 0 aromatic heterocycles. The summed E-state index contributed by atoms with van der Waals surface area (Å²) in [5.74, 6) is -0.356. The summed E-state index contributed by atoms with van der Waals surface area (Å²) >= 11 is 3.44. The normalized spacial score (nSPS) is 16.4. The summed E-state index contributed by atoms with van der Waals surface area (Å²) in [7, 11) is 0. The van der Waals surface area contributed by atoms with Gasteiger partial charge in [-0.25, -0.2) is 0 Å². The number of carbonyl (C=O) groups is 1. The summed E-state index contributed by atoms with van der Waals surface area (Å²) in [5, 5.41) is 0. The number of amides is 1. The lowest BCUT2D eigenvalue weighted by Crippen LogP contribution is -2.49. The maximum Gasteiger partial charge on any atom is 0.387 e. The number of piperazine rings is 1. The molecule has 0 N–H and O–H groups in total. The molecule has 0 saturated carbocycles. The van der Waals surface area contributed by atoms with Gasteiger partial charge in [-0.05, 0) is 36.8 Å². The number of ether oxygens (including phenoxy) is 1. The van der Waals surface area contributed by atoms with Crippen LogP contribution in [0.5, 0.6) is 5.75 Å². The third-order valence-electron chi connectivity index (χ3n) is 4.84.